The Labute approximate surface area is 107 Å². The Kier molecular flexibility index (Phi) is 5.70. The van der Waals surface area contributed by atoms with Crippen LogP contribution in [0.25, 0.3) is 0 Å². The van der Waals surface area contributed by atoms with E-state index in [1.807, 2.05) is 0 Å². The largest absolute Gasteiger partial charge is 0.316 e. The quantitative estimate of drug-likeness (QED) is 0.786. The highest BCUT2D eigenvalue weighted by Gasteiger charge is 2.15. The molecule has 0 saturated carbocycles. The smallest absolute Gasteiger partial charge is 0.0130 e. The number of nitrogens with one attached hydrogen (secondary N) is 1. The maximum absolute atomic E-state index is 3.48. The van der Waals surface area contributed by atoms with Gasteiger partial charge in [-0.05, 0) is 50.8 Å². The number of likely N-dealkylation sites (N-methyl/N-ethyl adjacent to an activating group) is 1. The van der Waals surface area contributed by atoms with Crippen molar-refractivity contribution in [1.29, 1.82) is 0 Å². The topological polar surface area (TPSA) is 12.0 Å². The molecular formula is C16H27N. The minimum atomic E-state index is 0.593. The number of hydrogen-bond acceptors (Lipinski definition) is 1. The highest BCUT2D eigenvalue weighted by molar-refractivity contribution is 5.31. The summed E-state index contributed by atoms with van der Waals surface area (Å²) in [5, 5.41) is 3.48. The predicted molar refractivity (Wildman–Crippen MR) is 76.5 cm³/mol. The number of hydrogen-bond donors (Lipinski definition) is 1. The van der Waals surface area contributed by atoms with Gasteiger partial charge in [0.05, 0.1) is 0 Å². The zero-order valence-corrected chi connectivity index (χ0v) is 12.0. The Morgan fingerprint density at radius 3 is 2.53 bits per heavy atom. The maximum Gasteiger partial charge on any atom is 0.0130 e. The van der Waals surface area contributed by atoms with E-state index in [1.165, 1.54) is 29.5 Å². The first kappa shape index (κ1) is 14.2. The van der Waals surface area contributed by atoms with E-state index in [4.69, 9.17) is 0 Å². The maximum atomic E-state index is 3.48. The van der Waals surface area contributed by atoms with Crippen molar-refractivity contribution in [3.63, 3.8) is 0 Å². The monoisotopic (exact) mass is 233 g/mol. The molecular weight excluding hydrogens is 206 g/mol. The lowest BCUT2D eigenvalue weighted by molar-refractivity contribution is 0.371. The predicted octanol–water partition coefficient (Wildman–Crippen LogP) is 3.87. The molecule has 0 fully saturated rings. The van der Waals surface area contributed by atoms with E-state index in [-0.39, 0.29) is 0 Å². The standard InChI is InChI=1S/C16H27N/c1-6-7-14(4)16(17-5)11-15-10-12(2)8-9-13(15)3/h8-10,14,16-17H,6-7,11H2,1-5H3. The van der Waals surface area contributed by atoms with E-state index >= 15 is 0 Å². The van der Waals surface area contributed by atoms with E-state index in [0.29, 0.717) is 6.04 Å². The fourth-order valence-corrected chi connectivity index (χ4v) is 2.50. The summed E-state index contributed by atoms with van der Waals surface area (Å²) in [6, 6.07) is 7.36. The van der Waals surface area contributed by atoms with Gasteiger partial charge in [0.15, 0.2) is 0 Å². The fourth-order valence-electron chi connectivity index (χ4n) is 2.50. The van der Waals surface area contributed by atoms with Gasteiger partial charge >= 0.3 is 0 Å². The minimum absolute atomic E-state index is 0.593. The molecule has 1 rings (SSSR count). The molecule has 1 heteroatoms. The molecule has 1 N–H and O–H groups in total. The Morgan fingerprint density at radius 2 is 1.94 bits per heavy atom. The van der Waals surface area contributed by atoms with Gasteiger partial charge in [-0.25, -0.2) is 0 Å². The van der Waals surface area contributed by atoms with Crippen molar-refractivity contribution in [2.75, 3.05) is 7.05 Å². The van der Waals surface area contributed by atoms with Crippen LogP contribution in [-0.4, -0.2) is 13.1 Å². The Balaban J connectivity index is 2.76. The Bertz CT molecular complexity index is 343. The van der Waals surface area contributed by atoms with Crippen LogP contribution in [0.3, 0.4) is 0 Å². The molecule has 0 bridgehead atoms. The molecule has 2 unspecified atom stereocenters. The molecule has 0 aliphatic carbocycles. The van der Waals surface area contributed by atoms with Gasteiger partial charge in [0, 0.05) is 6.04 Å². The number of benzene rings is 1. The lowest BCUT2D eigenvalue weighted by Crippen LogP contribution is -2.34. The van der Waals surface area contributed by atoms with E-state index in [9.17, 15) is 0 Å². The van der Waals surface area contributed by atoms with Crippen LogP contribution in [0.15, 0.2) is 18.2 Å². The summed E-state index contributed by atoms with van der Waals surface area (Å²) in [7, 11) is 2.09. The summed E-state index contributed by atoms with van der Waals surface area (Å²) < 4.78 is 0. The summed E-state index contributed by atoms with van der Waals surface area (Å²) in [6.45, 7) is 9.01. The van der Waals surface area contributed by atoms with Crippen LogP contribution in [0.5, 0.6) is 0 Å². The molecule has 1 aromatic rings. The highest BCUT2D eigenvalue weighted by Crippen LogP contribution is 2.18. The zero-order valence-electron chi connectivity index (χ0n) is 12.0. The first-order valence-electron chi connectivity index (χ1n) is 6.81. The van der Waals surface area contributed by atoms with Crippen molar-refractivity contribution in [2.45, 2.75) is 53.0 Å². The van der Waals surface area contributed by atoms with Gasteiger partial charge in [-0.3, -0.25) is 0 Å². The molecule has 17 heavy (non-hydrogen) atoms. The van der Waals surface area contributed by atoms with Gasteiger partial charge in [-0.2, -0.15) is 0 Å². The van der Waals surface area contributed by atoms with Gasteiger partial charge < -0.3 is 5.32 Å². The van der Waals surface area contributed by atoms with Gasteiger partial charge in [0.1, 0.15) is 0 Å². The summed E-state index contributed by atoms with van der Waals surface area (Å²) in [4.78, 5) is 0. The second kappa shape index (κ2) is 6.80. The van der Waals surface area contributed by atoms with Crippen molar-refractivity contribution in [3.05, 3.63) is 34.9 Å². The second-order valence-corrected chi connectivity index (χ2v) is 5.30. The summed E-state index contributed by atoms with van der Waals surface area (Å²) >= 11 is 0. The SMILES string of the molecule is CCCC(C)C(Cc1cc(C)ccc1C)NC. The molecule has 0 aliphatic rings. The van der Waals surface area contributed by atoms with Crippen LogP contribution < -0.4 is 5.32 Å². The molecule has 1 nitrogen and oxygen atoms in total. The van der Waals surface area contributed by atoms with E-state index in [0.717, 1.165) is 12.3 Å². The molecule has 0 aromatic heterocycles. The Morgan fingerprint density at radius 1 is 1.24 bits per heavy atom. The highest BCUT2D eigenvalue weighted by atomic mass is 14.9. The van der Waals surface area contributed by atoms with E-state index in [1.54, 1.807) is 0 Å². The summed E-state index contributed by atoms with van der Waals surface area (Å²) in [6.07, 6.45) is 3.72. The van der Waals surface area contributed by atoms with Gasteiger partial charge in [0.25, 0.3) is 0 Å². The average Bonchev–Trinajstić information content (AvgIpc) is 2.30. The van der Waals surface area contributed by atoms with Crippen molar-refractivity contribution in [1.82, 2.24) is 5.32 Å². The minimum Gasteiger partial charge on any atom is -0.316 e. The molecule has 1 aromatic carbocycles. The van der Waals surface area contributed by atoms with Crippen LogP contribution in [0.4, 0.5) is 0 Å². The molecule has 2 atom stereocenters. The molecule has 0 saturated heterocycles. The third-order valence-electron chi connectivity index (χ3n) is 3.75. The normalized spacial score (nSPS) is 14.6. The number of rotatable bonds is 6. The van der Waals surface area contributed by atoms with Gasteiger partial charge in [-0.1, -0.05) is 44.0 Å². The van der Waals surface area contributed by atoms with Gasteiger partial charge in [-0.15, -0.1) is 0 Å². The lowest BCUT2D eigenvalue weighted by atomic mass is 9.89. The first-order valence-corrected chi connectivity index (χ1v) is 6.81. The van der Waals surface area contributed by atoms with Crippen LogP contribution in [0.1, 0.15) is 43.4 Å². The lowest BCUT2D eigenvalue weighted by Gasteiger charge is -2.24. The van der Waals surface area contributed by atoms with Crippen molar-refractivity contribution in [2.24, 2.45) is 5.92 Å². The average molecular weight is 233 g/mol. The van der Waals surface area contributed by atoms with Crippen molar-refractivity contribution in [3.8, 4) is 0 Å². The summed E-state index contributed by atoms with van der Waals surface area (Å²) in [5.41, 5.74) is 4.27. The fraction of sp³-hybridized carbons (Fsp3) is 0.625. The number of aryl methyl sites for hydroxylation is 2. The van der Waals surface area contributed by atoms with Crippen LogP contribution >= 0.6 is 0 Å². The second-order valence-electron chi connectivity index (χ2n) is 5.30. The summed E-state index contributed by atoms with van der Waals surface area (Å²) in [5.74, 6) is 0.741. The molecule has 0 spiro atoms. The van der Waals surface area contributed by atoms with Crippen LogP contribution in [-0.2, 0) is 6.42 Å². The molecule has 96 valence electrons. The zero-order chi connectivity index (χ0) is 12.8. The molecule has 0 radical (unpaired) electrons. The van der Waals surface area contributed by atoms with E-state index in [2.05, 4.69) is 58.3 Å². The third-order valence-corrected chi connectivity index (χ3v) is 3.75. The van der Waals surface area contributed by atoms with Gasteiger partial charge in [0.2, 0.25) is 0 Å². The van der Waals surface area contributed by atoms with Crippen LogP contribution in [0.2, 0.25) is 0 Å². The molecule has 0 heterocycles. The van der Waals surface area contributed by atoms with Crippen molar-refractivity contribution >= 4 is 0 Å². The first-order chi connectivity index (χ1) is 8.08. The Hall–Kier alpha value is -0.820. The molecule has 0 aliphatic heterocycles. The van der Waals surface area contributed by atoms with Crippen LogP contribution in [0, 0.1) is 19.8 Å². The third kappa shape index (κ3) is 4.16. The molecule has 0 amide bonds. The van der Waals surface area contributed by atoms with E-state index < -0.39 is 0 Å². The van der Waals surface area contributed by atoms with Crippen molar-refractivity contribution < 1.29 is 0 Å².